The molecule has 0 bridgehead atoms. The zero-order valence-electron chi connectivity index (χ0n) is 21.0. The van der Waals surface area contributed by atoms with Crippen molar-refractivity contribution in [2.45, 2.75) is 62.8 Å². The van der Waals surface area contributed by atoms with Crippen molar-refractivity contribution >= 4 is 57.9 Å². The van der Waals surface area contributed by atoms with E-state index in [9.17, 15) is 24.5 Å². The summed E-state index contributed by atoms with van der Waals surface area (Å²) in [6, 6.07) is 4.61. The number of hydrogen-bond donors (Lipinski definition) is 0. The Kier molecular flexibility index (Phi) is 7.81. The average Bonchev–Trinajstić information content (AvgIpc) is 3.07. The maximum atomic E-state index is 13.5. The van der Waals surface area contributed by atoms with Crippen LogP contribution in [0.15, 0.2) is 24.3 Å². The van der Waals surface area contributed by atoms with Gasteiger partial charge in [0.15, 0.2) is 6.04 Å². The lowest BCUT2D eigenvalue weighted by atomic mass is 9.63. The van der Waals surface area contributed by atoms with Gasteiger partial charge in [0, 0.05) is 17.5 Å². The van der Waals surface area contributed by atoms with Crippen LogP contribution < -0.4 is 0 Å². The standard InChI is InChI=1S/C23H32N2O7S2Si/c1-21(2,3)20(32-35)22(4,5)15-17(27)24-16(23(12-26,33-6)34-18(15)24)19(28)31-11-13-7-9-14(10-8-13)25(29)30/h7-10,12,15-16,18,20H,11H2,1-6,35H3/t15-,16?,18+,20?,23?/m0/s1. The monoisotopic (exact) mass is 540 g/mol. The van der Waals surface area contributed by atoms with Gasteiger partial charge in [0.1, 0.15) is 27.5 Å². The number of ether oxygens (including phenoxy) is 1. The zero-order chi connectivity index (χ0) is 26.3. The van der Waals surface area contributed by atoms with E-state index in [0.29, 0.717) is 16.0 Å². The molecule has 2 saturated heterocycles. The highest BCUT2D eigenvalue weighted by molar-refractivity contribution is 8.19. The van der Waals surface area contributed by atoms with E-state index in [0.717, 1.165) is 6.29 Å². The molecular formula is C23H32N2O7S2Si. The number of carbonyl (C=O) groups is 3. The van der Waals surface area contributed by atoms with E-state index in [2.05, 4.69) is 20.8 Å². The molecule has 3 unspecified atom stereocenters. The molecule has 2 fully saturated rings. The maximum absolute atomic E-state index is 13.5. The van der Waals surface area contributed by atoms with Crippen molar-refractivity contribution in [3.63, 3.8) is 0 Å². The van der Waals surface area contributed by atoms with Gasteiger partial charge in [-0.25, -0.2) is 4.79 Å². The van der Waals surface area contributed by atoms with Crippen LogP contribution in [0, 0.1) is 26.9 Å². The van der Waals surface area contributed by atoms with Crippen molar-refractivity contribution < 1.29 is 28.5 Å². The van der Waals surface area contributed by atoms with Gasteiger partial charge in [-0.3, -0.25) is 14.9 Å². The summed E-state index contributed by atoms with van der Waals surface area (Å²) < 4.78 is 10.3. The number of esters is 1. The second-order valence-corrected chi connectivity index (χ2v) is 13.7. The molecule has 35 heavy (non-hydrogen) atoms. The first-order valence-corrected chi connectivity index (χ1v) is 14.1. The lowest BCUT2D eigenvalue weighted by molar-refractivity contribution is -0.384. The lowest BCUT2D eigenvalue weighted by Crippen LogP contribution is -2.68. The highest BCUT2D eigenvalue weighted by Crippen LogP contribution is 2.61. The molecule has 0 aliphatic carbocycles. The van der Waals surface area contributed by atoms with Crippen LogP contribution in [0.2, 0.25) is 0 Å². The third-order valence-electron chi connectivity index (χ3n) is 6.78. The van der Waals surface area contributed by atoms with Gasteiger partial charge in [-0.15, -0.1) is 23.5 Å². The fourth-order valence-electron chi connectivity index (χ4n) is 5.48. The van der Waals surface area contributed by atoms with Gasteiger partial charge >= 0.3 is 5.97 Å². The summed E-state index contributed by atoms with van der Waals surface area (Å²) >= 11 is 2.55. The molecule has 0 radical (unpaired) electrons. The number of hydrogen-bond acceptors (Lipinski definition) is 9. The van der Waals surface area contributed by atoms with E-state index in [-0.39, 0.29) is 35.1 Å². The van der Waals surface area contributed by atoms with E-state index in [1.165, 1.54) is 52.7 Å². The Morgan fingerprint density at radius 1 is 1.31 bits per heavy atom. The fourth-order valence-corrected chi connectivity index (χ4v) is 9.72. The highest BCUT2D eigenvalue weighted by atomic mass is 32.2. The highest BCUT2D eigenvalue weighted by Gasteiger charge is 2.71. The van der Waals surface area contributed by atoms with Gasteiger partial charge in [-0.05, 0) is 29.4 Å². The number of amides is 1. The minimum Gasteiger partial charge on any atom is -0.459 e. The Hall–Kier alpha value is -1.89. The van der Waals surface area contributed by atoms with Crippen molar-refractivity contribution in [2.75, 3.05) is 6.26 Å². The Bertz CT molecular complexity index is 1010. The Morgan fingerprint density at radius 3 is 2.37 bits per heavy atom. The van der Waals surface area contributed by atoms with Gasteiger partial charge < -0.3 is 18.9 Å². The number of aldehydes is 1. The van der Waals surface area contributed by atoms with Gasteiger partial charge in [0.2, 0.25) is 5.91 Å². The molecule has 2 aliphatic heterocycles. The first-order valence-electron chi connectivity index (χ1n) is 11.2. The number of β-lactam (4-membered cyclic amide) rings is 1. The number of nitro groups is 1. The van der Waals surface area contributed by atoms with Crippen LogP contribution in [0.25, 0.3) is 0 Å². The molecule has 2 heterocycles. The van der Waals surface area contributed by atoms with E-state index in [1.54, 1.807) is 6.26 Å². The fraction of sp³-hybridized carbons (Fsp3) is 0.609. The third-order valence-corrected chi connectivity index (χ3v) is 10.4. The molecular weight excluding hydrogens is 508 g/mol. The third kappa shape index (κ3) is 4.77. The molecule has 9 nitrogen and oxygen atoms in total. The lowest BCUT2D eigenvalue weighted by Gasteiger charge is -2.55. The van der Waals surface area contributed by atoms with Gasteiger partial charge in [-0.2, -0.15) is 0 Å². The van der Waals surface area contributed by atoms with Crippen LogP contribution >= 0.6 is 23.5 Å². The van der Waals surface area contributed by atoms with Crippen LogP contribution in [-0.2, 0) is 30.2 Å². The maximum Gasteiger partial charge on any atom is 0.332 e. The molecule has 0 aromatic heterocycles. The summed E-state index contributed by atoms with van der Waals surface area (Å²) in [5.41, 5.74) is -0.210. The number of carbonyl (C=O) groups excluding carboxylic acids is 3. The summed E-state index contributed by atoms with van der Waals surface area (Å²) in [5.74, 6) is -1.27. The topological polar surface area (TPSA) is 116 Å². The predicted molar refractivity (Wildman–Crippen MR) is 139 cm³/mol. The Labute approximate surface area is 216 Å². The molecule has 12 heteroatoms. The largest absolute Gasteiger partial charge is 0.459 e. The van der Waals surface area contributed by atoms with Crippen molar-refractivity contribution in [3.8, 4) is 0 Å². The van der Waals surface area contributed by atoms with Crippen LogP contribution in [0.3, 0.4) is 0 Å². The molecule has 1 amide bonds. The summed E-state index contributed by atoms with van der Waals surface area (Å²) in [6.45, 7) is 10.2. The Balaban J connectivity index is 1.84. The van der Waals surface area contributed by atoms with Crippen LogP contribution in [0.5, 0.6) is 0 Å². The molecule has 0 saturated carbocycles. The zero-order valence-corrected chi connectivity index (χ0v) is 24.6. The number of benzene rings is 1. The minimum absolute atomic E-state index is 0.0652. The van der Waals surface area contributed by atoms with Gasteiger partial charge in [-0.1, -0.05) is 34.6 Å². The number of rotatable bonds is 9. The SMILES string of the molecule is CSC1(C=O)S[C@@H]2[C@@H](C(C)(C)C(O[SiH3])C(C)(C)C)C(=O)N2C1C(=O)OCc1ccc([N+](=O)[O-])cc1. The molecule has 0 spiro atoms. The minimum atomic E-state index is -1.18. The van der Waals surface area contributed by atoms with E-state index in [1.807, 2.05) is 13.8 Å². The van der Waals surface area contributed by atoms with E-state index in [4.69, 9.17) is 9.16 Å². The molecule has 5 atom stereocenters. The van der Waals surface area contributed by atoms with Crippen LogP contribution in [0.4, 0.5) is 5.69 Å². The number of nitrogens with zero attached hydrogens (tertiary/aromatic N) is 2. The summed E-state index contributed by atoms with van der Waals surface area (Å²) in [5, 5.41) is 10.5. The number of nitro benzene ring substituents is 1. The van der Waals surface area contributed by atoms with Crippen molar-refractivity contribution in [2.24, 2.45) is 16.7 Å². The number of thioether (sulfide) groups is 2. The van der Waals surface area contributed by atoms with Crippen LogP contribution in [-0.4, -0.2) is 66.3 Å². The second kappa shape index (κ2) is 9.87. The van der Waals surface area contributed by atoms with Crippen LogP contribution in [0.1, 0.15) is 40.2 Å². The molecule has 2 aliphatic rings. The smallest absolute Gasteiger partial charge is 0.332 e. The number of fused-ring (bicyclic) bond motifs is 1. The van der Waals surface area contributed by atoms with Gasteiger partial charge in [0.25, 0.3) is 5.69 Å². The van der Waals surface area contributed by atoms with Crippen molar-refractivity contribution in [3.05, 3.63) is 39.9 Å². The average molecular weight is 541 g/mol. The molecule has 1 aromatic rings. The molecule has 3 rings (SSSR count). The first kappa shape index (κ1) is 27.7. The second-order valence-electron chi connectivity index (χ2n) is 10.5. The van der Waals surface area contributed by atoms with Crippen molar-refractivity contribution in [1.29, 1.82) is 0 Å². The normalized spacial score (nSPS) is 27.2. The van der Waals surface area contributed by atoms with Gasteiger partial charge in [0.05, 0.1) is 22.3 Å². The van der Waals surface area contributed by atoms with E-state index >= 15 is 0 Å². The van der Waals surface area contributed by atoms with Crippen molar-refractivity contribution in [1.82, 2.24) is 4.90 Å². The summed E-state index contributed by atoms with van der Waals surface area (Å²) in [4.78, 5) is 50.9. The summed E-state index contributed by atoms with van der Waals surface area (Å²) in [6.07, 6.45) is 2.31. The molecule has 192 valence electrons. The van der Waals surface area contributed by atoms with E-state index < -0.39 is 32.3 Å². The molecule has 1 aromatic carbocycles. The summed E-state index contributed by atoms with van der Waals surface area (Å²) in [7, 11) is 0.522. The predicted octanol–water partition coefficient (Wildman–Crippen LogP) is 2.53. The number of non-ortho nitro benzene ring substituents is 1. The quantitative estimate of drug-likeness (QED) is 0.116. The molecule has 0 N–H and O–H groups in total. The first-order chi connectivity index (χ1) is 16.2. The Morgan fingerprint density at radius 2 is 1.91 bits per heavy atom.